The molecule has 68 valence electrons. The lowest BCUT2D eigenvalue weighted by Crippen LogP contribution is -2.02. The van der Waals surface area contributed by atoms with Gasteiger partial charge in [-0.15, -0.1) is 0 Å². The molecule has 3 nitrogen and oxygen atoms in total. The summed E-state index contributed by atoms with van der Waals surface area (Å²) >= 11 is 0. The van der Waals surface area contributed by atoms with Crippen LogP contribution in [0.1, 0.15) is 5.56 Å². The third kappa shape index (κ3) is 1.25. The van der Waals surface area contributed by atoms with Gasteiger partial charge in [0, 0.05) is 11.5 Å². The monoisotopic (exact) mass is 189 g/mol. The van der Waals surface area contributed by atoms with Crippen LogP contribution in [-0.4, -0.2) is 0 Å². The summed E-state index contributed by atoms with van der Waals surface area (Å²) in [6.45, 7) is 0. The minimum Gasteiger partial charge on any atom is -0.422 e. The van der Waals surface area contributed by atoms with Crippen molar-refractivity contribution >= 4 is 11.0 Å². The fourth-order valence-corrected chi connectivity index (χ4v) is 1.16. The maximum atomic E-state index is 12.7. The van der Waals surface area contributed by atoms with Crippen molar-refractivity contribution < 1.29 is 8.81 Å². The van der Waals surface area contributed by atoms with E-state index in [2.05, 4.69) is 0 Å². The molecule has 0 fully saturated rings. The highest BCUT2D eigenvalue weighted by Crippen LogP contribution is 2.14. The molecule has 0 spiro atoms. The van der Waals surface area contributed by atoms with Gasteiger partial charge >= 0.3 is 5.63 Å². The lowest BCUT2D eigenvalue weighted by Gasteiger charge is -1.95. The molecule has 1 aromatic heterocycles. The Bertz CT molecular complexity index is 595. The molecule has 0 unspecified atom stereocenters. The standard InChI is InChI=1S/C10H4FNO2/c11-8-2-1-6-3-7(5-12)10(13)14-9(6)4-8/h1-4H. The first-order valence-electron chi connectivity index (χ1n) is 3.84. The molecule has 0 saturated heterocycles. The van der Waals surface area contributed by atoms with Crippen molar-refractivity contribution in [2.75, 3.05) is 0 Å². The minimum absolute atomic E-state index is 0.0795. The highest BCUT2D eigenvalue weighted by Gasteiger charge is 2.04. The van der Waals surface area contributed by atoms with Crippen LogP contribution in [0, 0.1) is 17.1 Å². The van der Waals surface area contributed by atoms with Crippen LogP contribution in [0.5, 0.6) is 0 Å². The van der Waals surface area contributed by atoms with E-state index in [0.717, 1.165) is 6.07 Å². The second-order valence-corrected chi connectivity index (χ2v) is 2.74. The number of rotatable bonds is 0. The Morgan fingerprint density at radius 2 is 2.14 bits per heavy atom. The predicted molar refractivity (Wildman–Crippen MR) is 47.2 cm³/mol. The first-order chi connectivity index (χ1) is 6.70. The average Bonchev–Trinajstić information content (AvgIpc) is 2.16. The second-order valence-electron chi connectivity index (χ2n) is 2.74. The lowest BCUT2D eigenvalue weighted by atomic mass is 10.2. The minimum atomic E-state index is -0.745. The summed E-state index contributed by atoms with van der Waals surface area (Å²) in [5.41, 5.74) is -0.677. The second kappa shape index (κ2) is 2.96. The van der Waals surface area contributed by atoms with E-state index in [1.165, 1.54) is 18.2 Å². The quantitative estimate of drug-likeness (QED) is 0.594. The van der Waals surface area contributed by atoms with Crippen molar-refractivity contribution in [2.45, 2.75) is 0 Å². The van der Waals surface area contributed by atoms with E-state index in [1.807, 2.05) is 0 Å². The molecule has 4 heteroatoms. The van der Waals surface area contributed by atoms with Crippen LogP contribution in [0.4, 0.5) is 4.39 Å². The third-order valence-electron chi connectivity index (χ3n) is 1.82. The van der Waals surface area contributed by atoms with E-state index in [4.69, 9.17) is 9.68 Å². The molecule has 0 aliphatic rings. The molecule has 0 amide bonds. The Morgan fingerprint density at radius 3 is 2.86 bits per heavy atom. The highest BCUT2D eigenvalue weighted by atomic mass is 19.1. The van der Waals surface area contributed by atoms with Crippen molar-refractivity contribution in [3.05, 3.63) is 46.1 Å². The van der Waals surface area contributed by atoms with E-state index in [9.17, 15) is 9.18 Å². The zero-order chi connectivity index (χ0) is 10.1. The summed E-state index contributed by atoms with van der Waals surface area (Å²) < 4.78 is 17.5. The molecule has 1 aromatic carbocycles. The molecular weight excluding hydrogens is 185 g/mol. The van der Waals surface area contributed by atoms with Crippen LogP contribution >= 0.6 is 0 Å². The largest absolute Gasteiger partial charge is 0.422 e. The third-order valence-corrected chi connectivity index (χ3v) is 1.82. The summed E-state index contributed by atoms with van der Waals surface area (Å²) in [4.78, 5) is 11.1. The number of benzene rings is 1. The Balaban J connectivity index is 2.88. The zero-order valence-corrected chi connectivity index (χ0v) is 6.95. The smallest absolute Gasteiger partial charge is 0.354 e. The summed E-state index contributed by atoms with van der Waals surface area (Å²) in [6, 6.07) is 6.88. The Morgan fingerprint density at radius 1 is 1.36 bits per heavy atom. The Hall–Kier alpha value is -2.15. The molecule has 0 aliphatic heterocycles. The molecule has 2 rings (SSSR count). The topological polar surface area (TPSA) is 54.0 Å². The molecule has 0 saturated carbocycles. The number of nitrogens with zero attached hydrogens (tertiary/aromatic N) is 1. The van der Waals surface area contributed by atoms with Crippen molar-refractivity contribution in [1.29, 1.82) is 5.26 Å². The first kappa shape index (κ1) is 8.45. The predicted octanol–water partition coefficient (Wildman–Crippen LogP) is 1.80. The van der Waals surface area contributed by atoms with Gasteiger partial charge in [0.25, 0.3) is 0 Å². The van der Waals surface area contributed by atoms with Gasteiger partial charge in [-0.2, -0.15) is 5.26 Å². The molecule has 1 heterocycles. The summed E-state index contributed by atoms with van der Waals surface area (Å²) in [6.07, 6.45) is 0. The molecule has 0 atom stereocenters. The van der Waals surface area contributed by atoms with Crippen LogP contribution in [0.2, 0.25) is 0 Å². The molecule has 2 aromatic rings. The summed E-state index contributed by atoms with van der Waals surface area (Å²) in [7, 11) is 0. The van der Waals surface area contributed by atoms with Gasteiger partial charge in [-0.3, -0.25) is 0 Å². The SMILES string of the molecule is N#Cc1cc2ccc(F)cc2oc1=O. The van der Waals surface area contributed by atoms with Crippen molar-refractivity contribution in [3.8, 4) is 6.07 Å². The maximum absolute atomic E-state index is 12.7. The summed E-state index contributed by atoms with van der Waals surface area (Å²) in [5.74, 6) is -0.481. The fourth-order valence-electron chi connectivity index (χ4n) is 1.16. The van der Waals surface area contributed by atoms with Gasteiger partial charge in [-0.05, 0) is 18.2 Å². The van der Waals surface area contributed by atoms with Crippen LogP contribution in [0.25, 0.3) is 11.0 Å². The fraction of sp³-hybridized carbons (Fsp3) is 0. The number of hydrogen-bond donors (Lipinski definition) is 0. The highest BCUT2D eigenvalue weighted by molar-refractivity contribution is 5.77. The van der Waals surface area contributed by atoms with E-state index in [0.29, 0.717) is 5.39 Å². The van der Waals surface area contributed by atoms with Crippen molar-refractivity contribution in [2.24, 2.45) is 0 Å². The van der Waals surface area contributed by atoms with Crippen molar-refractivity contribution in [1.82, 2.24) is 0 Å². The van der Waals surface area contributed by atoms with Crippen LogP contribution < -0.4 is 5.63 Å². The zero-order valence-electron chi connectivity index (χ0n) is 6.95. The Labute approximate surface area is 78.0 Å². The van der Waals surface area contributed by atoms with Gasteiger partial charge in [0.1, 0.15) is 23.0 Å². The van der Waals surface area contributed by atoms with E-state index >= 15 is 0 Å². The molecule has 14 heavy (non-hydrogen) atoms. The molecule has 0 bridgehead atoms. The summed E-state index contributed by atoms with van der Waals surface area (Å²) in [5, 5.41) is 9.08. The van der Waals surface area contributed by atoms with E-state index in [1.54, 1.807) is 6.07 Å². The van der Waals surface area contributed by atoms with E-state index < -0.39 is 11.4 Å². The molecule has 0 aliphatic carbocycles. The normalized spacial score (nSPS) is 10.0. The molecular formula is C10H4FNO2. The van der Waals surface area contributed by atoms with Gasteiger partial charge in [-0.1, -0.05) is 0 Å². The van der Waals surface area contributed by atoms with Gasteiger partial charge < -0.3 is 4.42 Å². The number of hydrogen-bond acceptors (Lipinski definition) is 3. The van der Waals surface area contributed by atoms with Crippen LogP contribution in [0.3, 0.4) is 0 Å². The first-order valence-corrected chi connectivity index (χ1v) is 3.84. The van der Waals surface area contributed by atoms with Crippen LogP contribution in [0.15, 0.2) is 33.5 Å². The number of halogens is 1. The average molecular weight is 189 g/mol. The van der Waals surface area contributed by atoms with Crippen LogP contribution in [-0.2, 0) is 0 Å². The molecule has 0 N–H and O–H groups in total. The molecule has 0 radical (unpaired) electrons. The van der Waals surface area contributed by atoms with Gasteiger partial charge in [-0.25, -0.2) is 9.18 Å². The number of nitriles is 1. The van der Waals surface area contributed by atoms with E-state index in [-0.39, 0.29) is 11.1 Å². The maximum Gasteiger partial charge on any atom is 0.354 e. The van der Waals surface area contributed by atoms with Gasteiger partial charge in [0.2, 0.25) is 0 Å². The van der Waals surface area contributed by atoms with Crippen molar-refractivity contribution in [3.63, 3.8) is 0 Å². The Kier molecular flexibility index (Phi) is 1.79. The number of fused-ring (bicyclic) bond motifs is 1. The lowest BCUT2D eigenvalue weighted by molar-refractivity contribution is 0.552. The van der Waals surface area contributed by atoms with Gasteiger partial charge in [0.05, 0.1) is 0 Å². The van der Waals surface area contributed by atoms with Gasteiger partial charge in [0.15, 0.2) is 0 Å².